The summed E-state index contributed by atoms with van der Waals surface area (Å²) >= 11 is 0. The van der Waals surface area contributed by atoms with Crippen molar-refractivity contribution in [3.05, 3.63) is 29.8 Å². The molecule has 18 heavy (non-hydrogen) atoms. The molecule has 0 fully saturated rings. The highest BCUT2D eigenvalue weighted by Gasteiger charge is 2.23. The lowest BCUT2D eigenvalue weighted by molar-refractivity contribution is -0.146. The van der Waals surface area contributed by atoms with Crippen LogP contribution in [0.25, 0.3) is 0 Å². The molecule has 5 heteroatoms. The van der Waals surface area contributed by atoms with Gasteiger partial charge in [0.1, 0.15) is 11.8 Å². The molecule has 2 N–H and O–H groups in total. The van der Waals surface area contributed by atoms with Crippen LogP contribution in [0.15, 0.2) is 24.3 Å². The quantitative estimate of drug-likeness (QED) is 0.565. The van der Waals surface area contributed by atoms with Crippen LogP contribution in [0.2, 0.25) is 0 Å². The number of methoxy groups -OCH3 is 1. The Hall–Kier alpha value is -1.59. The fourth-order valence-corrected chi connectivity index (χ4v) is 1.58. The van der Waals surface area contributed by atoms with Crippen LogP contribution in [-0.4, -0.2) is 37.9 Å². The van der Waals surface area contributed by atoms with E-state index >= 15 is 0 Å². The van der Waals surface area contributed by atoms with Gasteiger partial charge >= 0.3 is 5.97 Å². The van der Waals surface area contributed by atoms with Crippen LogP contribution >= 0.6 is 0 Å². The average Bonchev–Trinajstić information content (AvgIpc) is 2.36. The standard InChI is InChI=1S/C13H19NO4/c1-3-18-13(16)12(14-8-9-17-2)10-6-4-5-7-11(10)15/h4-7,12,14-15H,3,8-9H2,1-2H3. The zero-order chi connectivity index (χ0) is 13.4. The Balaban J connectivity index is 2.82. The molecule has 0 aliphatic heterocycles. The van der Waals surface area contributed by atoms with E-state index in [1.165, 1.54) is 0 Å². The SMILES string of the molecule is CCOC(=O)C(NCCOC)c1ccccc1O. The van der Waals surface area contributed by atoms with Crippen molar-refractivity contribution in [2.75, 3.05) is 26.9 Å². The number of hydrogen-bond donors (Lipinski definition) is 2. The Morgan fingerprint density at radius 2 is 2.17 bits per heavy atom. The monoisotopic (exact) mass is 253 g/mol. The van der Waals surface area contributed by atoms with E-state index in [4.69, 9.17) is 9.47 Å². The maximum absolute atomic E-state index is 11.9. The van der Waals surface area contributed by atoms with E-state index in [2.05, 4.69) is 5.32 Å². The molecular formula is C13H19NO4. The molecular weight excluding hydrogens is 234 g/mol. The lowest BCUT2D eigenvalue weighted by Crippen LogP contribution is -2.32. The Morgan fingerprint density at radius 3 is 2.78 bits per heavy atom. The minimum Gasteiger partial charge on any atom is -0.508 e. The van der Waals surface area contributed by atoms with Gasteiger partial charge < -0.3 is 14.6 Å². The first-order valence-corrected chi connectivity index (χ1v) is 5.87. The van der Waals surface area contributed by atoms with E-state index in [1.807, 2.05) is 0 Å². The number of aromatic hydroxyl groups is 1. The van der Waals surface area contributed by atoms with Crippen molar-refractivity contribution in [1.82, 2.24) is 5.32 Å². The van der Waals surface area contributed by atoms with Gasteiger partial charge in [0.15, 0.2) is 0 Å². The number of benzene rings is 1. The second-order valence-electron chi connectivity index (χ2n) is 3.69. The fraction of sp³-hybridized carbons (Fsp3) is 0.462. The first-order valence-electron chi connectivity index (χ1n) is 5.87. The Labute approximate surface area is 107 Å². The fourth-order valence-electron chi connectivity index (χ4n) is 1.58. The highest BCUT2D eigenvalue weighted by Crippen LogP contribution is 2.24. The van der Waals surface area contributed by atoms with Crippen molar-refractivity contribution in [3.63, 3.8) is 0 Å². The van der Waals surface area contributed by atoms with E-state index in [9.17, 15) is 9.90 Å². The molecule has 0 radical (unpaired) electrons. The number of nitrogens with one attached hydrogen (secondary N) is 1. The molecule has 1 aromatic carbocycles. The van der Waals surface area contributed by atoms with Gasteiger partial charge in [0, 0.05) is 19.2 Å². The molecule has 0 spiro atoms. The van der Waals surface area contributed by atoms with Crippen molar-refractivity contribution in [2.45, 2.75) is 13.0 Å². The van der Waals surface area contributed by atoms with Crippen LogP contribution in [-0.2, 0) is 14.3 Å². The normalized spacial score (nSPS) is 12.1. The topological polar surface area (TPSA) is 67.8 Å². The number of rotatable bonds is 7. The number of phenolic OH excluding ortho intramolecular Hbond substituents is 1. The lowest BCUT2D eigenvalue weighted by atomic mass is 10.1. The number of para-hydroxylation sites is 1. The van der Waals surface area contributed by atoms with E-state index < -0.39 is 12.0 Å². The maximum Gasteiger partial charge on any atom is 0.327 e. The van der Waals surface area contributed by atoms with Gasteiger partial charge in [-0.1, -0.05) is 18.2 Å². The molecule has 1 unspecified atom stereocenters. The number of hydrogen-bond acceptors (Lipinski definition) is 5. The summed E-state index contributed by atoms with van der Waals surface area (Å²) in [5.74, 6) is -0.337. The van der Waals surface area contributed by atoms with Crippen LogP contribution in [0.5, 0.6) is 5.75 Å². The van der Waals surface area contributed by atoms with Gasteiger partial charge in [-0.05, 0) is 13.0 Å². The number of phenols is 1. The third-order valence-electron chi connectivity index (χ3n) is 2.42. The molecule has 0 aliphatic rings. The zero-order valence-corrected chi connectivity index (χ0v) is 10.7. The minimum absolute atomic E-state index is 0.0699. The van der Waals surface area contributed by atoms with Crippen molar-refractivity contribution >= 4 is 5.97 Å². The van der Waals surface area contributed by atoms with Crippen molar-refractivity contribution < 1.29 is 19.4 Å². The van der Waals surface area contributed by atoms with Crippen molar-refractivity contribution in [1.29, 1.82) is 0 Å². The summed E-state index contributed by atoms with van der Waals surface area (Å²) in [6.07, 6.45) is 0. The second kappa shape index (κ2) is 7.68. The molecule has 5 nitrogen and oxygen atoms in total. The smallest absolute Gasteiger partial charge is 0.327 e. The van der Waals surface area contributed by atoms with Crippen LogP contribution in [0.3, 0.4) is 0 Å². The molecule has 0 bridgehead atoms. The number of carbonyl (C=O) groups is 1. The Morgan fingerprint density at radius 1 is 1.44 bits per heavy atom. The number of esters is 1. The van der Waals surface area contributed by atoms with Crippen LogP contribution in [0, 0.1) is 0 Å². The van der Waals surface area contributed by atoms with Crippen LogP contribution in [0.4, 0.5) is 0 Å². The van der Waals surface area contributed by atoms with Crippen molar-refractivity contribution in [3.8, 4) is 5.75 Å². The van der Waals surface area contributed by atoms with Gasteiger partial charge in [-0.15, -0.1) is 0 Å². The highest BCUT2D eigenvalue weighted by molar-refractivity contribution is 5.78. The summed E-state index contributed by atoms with van der Waals surface area (Å²) in [5.41, 5.74) is 0.507. The van der Waals surface area contributed by atoms with Gasteiger partial charge in [0.2, 0.25) is 0 Å². The Bertz CT molecular complexity index is 381. The number of ether oxygens (including phenoxy) is 2. The predicted octanol–water partition coefficient (Wildman–Crippen LogP) is 1.23. The van der Waals surface area contributed by atoms with Gasteiger partial charge in [0.05, 0.1) is 13.2 Å². The minimum atomic E-state index is -0.679. The van der Waals surface area contributed by atoms with Gasteiger partial charge in [-0.3, -0.25) is 5.32 Å². The third-order valence-corrected chi connectivity index (χ3v) is 2.42. The maximum atomic E-state index is 11.9. The van der Waals surface area contributed by atoms with Gasteiger partial charge in [-0.2, -0.15) is 0 Å². The largest absolute Gasteiger partial charge is 0.508 e. The first-order chi connectivity index (χ1) is 8.70. The molecule has 100 valence electrons. The molecule has 0 aromatic heterocycles. The number of carbonyl (C=O) groups excluding carboxylic acids is 1. The predicted molar refractivity (Wildman–Crippen MR) is 67.4 cm³/mol. The molecule has 1 aromatic rings. The summed E-state index contributed by atoms with van der Waals surface area (Å²) in [6, 6.07) is 6.02. The lowest BCUT2D eigenvalue weighted by Gasteiger charge is -2.18. The van der Waals surface area contributed by atoms with E-state index in [0.717, 1.165) is 0 Å². The summed E-state index contributed by atoms with van der Waals surface area (Å²) in [4.78, 5) is 11.9. The Kier molecular flexibility index (Phi) is 6.18. The van der Waals surface area contributed by atoms with E-state index in [1.54, 1.807) is 38.3 Å². The van der Waals surface area contributed by atoms with E-state index in [-0.39, 0.29) is 5.75 Å². The van der Waals surface area contributed by atoms with Crippen molar-refractivity contribution in [2.24, 2.45) is 0 Å². The summed E-state index contributed by atoms with van der Waals surface area (Å²) in [5, 5.41) is 12.8. The first kappa shape index (κ1) is 14.5. The molecule has 0 saturated carbocycles. The average molecular weight is 253 g/mol. The summed E-state index contributed by atoms with van der Waals surface area (Å²) < 4.78 is 9.91. The molecule has 0 aliphatic carbocycles. The van der Waals surface area contributed by atoms with Gasteiger partial charge in [0.25, 0.3) is 0 Å². The molecule has 0 heterocycles. The summed E-state index contributed by atoms with van der Waals surface area (Å²) in [6.45, 7) is 3.02. The molecule has 0 amide bonds. The third kappa shape index (κ3) is 4.01. The summed E-state index contributed by atoms with van der Waals surface area (Å²) in [7, 11) is 1.58. The van der Waals surface area contributed by atoms with Gasteiger partial charge in [-0.25, -0.2) is 4.79 Å². The highest BCUT2D eigenvalue weighted by atomic mass is 16.5. The van der Waals surface area contributed by atoms with E-state index in [0.29, 0.717) is 25.3 Å². The zero-order valence-electron chi connectivity index (χ0n) is 10.7. The second-order valence-corrected chi connectivity index (χ2v) is 3.69. The van der Waals surface area contributed by atoms with Crippen LogP contribution in [0.1, 0.15) is 18.5 Å². The molecule has 0 saturated heterocycles. The molecule has 1 atom stereocenters. The van der Waals surface area contributed by atoms with Crippen LogP contribution < -0.4 is 5.32 Å². The molecule has 1 rings (SSSR count).